The lowest BCUT2D eigenvalue weighted by atomic mass is 9.87. The van der Waals surface area contributed by atoms with Crippen molar-refractivity contribution in [3.05, 3.63) is 34.9 Å². The third-order valence-electron chi connectivity index (χ3n) is 2.95. The van der Waals surface area contributed by atoms with Crippen LogP contribution in [0.15, 0.2) is 18.2 Å². The Kier molecular flexibility index (Phi) is 2.27. The molecule has 2 nitrogen and oxygen atoms in total. The quantitative estimate of drug-likeness (QED) is 0.714. The number of fused-ring (bicyclic) bond motifs is 1. The average Bonchev–Trinajstić information content (AvgIpc) is 2.18. The third kappa shape index (κ3) is 1.59. The number of nitrogens with zero attached hydrogens (tertiary/aromatic N) is 1. The Bertz CT molecular complexity index is 516. The molecule has 1 heterocycles. The number of aryl methyl sites for hydroxylation is 1. The van der Waals surface area contributed by atoms with Crippen molar-refractivity contribution in [2.45, 2.75) is 33.2 Å². The minimum Gasteiger partial charge on any atom is -0.376 e. The summed E-state index contributed by atoms with van der Waals surface area (Å²) in [6.07, 6.45) is 2.18. The maximum Gasteiger partial charge on any atom is 0.0998 e. The molecule has 0 bridgehead atoms. The monoisotopic (exact) mass is 212 g/mol. The van der Waals surface area contributed by atoms with E-state index in [1.165, 1.54) is 11.1 Å². The van der Waals surface area contributed by atoms with Crippen LogP contribution in [0, 0.1) is 18.3 Å². The van der Waals surface area contributed by atoms with Crippen molar-refractivity contribution in [2.75, 3.05) is 5.32 Å². The van der Waals surface area contributed by atoms with Crippen LogP contribution in [0.1, 0.15) is 37.5 Å². The van der Waals surface area contributed by atoms with E-state index in [4.69, 9.17) is 5.26 Å². The molecule has 0 fully saturated rings. The van der Waals surface area contributed by atoms with Gasteiger partial charge in [-0.15, -0.1) is 0 Å². The zero-order valence-electron chi connectivity index (χ0n) is 10.2. The molecule has 1 aliphatic rings. The molecule has 82 valence electrons. The summed E-state index contributed by atoms with van der Waals surface area (Å²) in [4.78, 5) is 0. The molecule has 1 N–H and O–H groups in total. The van der Waals surface area contributed by atoms with Gasteiger partial charge in [-0.05, 0) is 44.9 Å². The molecular formula is C14H16N2. The van der Waals surface area contributed by atoms with Crippen LogP contribution in [-0.2, 0) is 0 Å². The zero-order chi connectivity index (χ0) is 11.9. The van der Waals surface area contributed by atoms with E-state index < -0.39 is 0 Å². The molecule has 0 spiro atoms. The number of hydrogen-bond donors (Lipinski definition) is 1. The number of nitriles is 1. The van der Waals surface area contributed by atoms with Gasteiger partial charge in [-0.1, -0.05) is 12.1 Å². The second-order valence-corrected chi connectivity index (χ2v) is 4.97. The molecule has 0 aromatic heterocycles. The van der Waals surface area contributed by atoms with E-state index in [0.717, 1.165) is 16.8 Å². The van der Waals surface area contributed by atoms with Crippen molar-refractivity contribution >= 4 is 11.3 Å². The standard InChI is InChI=1S/C14H16N2/c1-9-5-6-11(8-15)12-10(2)7-14(3,4)16-13(9)12/h5-7,16H,1-4H3. The second-order valence-electron chi connectivity index (χ2n) is 4.97. The molecule has 0 aliphatic carbocycles. The van der Waals surface area contributed by atoms with E-state index in [0.29, 0.717) is 0 Å². The molecular weight excluding hydrogens is 196 g/mol. The highest BCUT2D eigenvalue weighted by Gasteiger charge is 2.25. The Morgan fingerprint density at radius 1 is 1.25 bits per heavy atom. The number of benzene rings is 1. The molecule has 0 saturated carbocycles. The Balaban J connectivity index is 2.74. The summed E-state index contributed by atoms with van der Waals surface area (Å²) in [5.74, 6) is 0. The van der Waals surface area contributed by atoms with Gasteiger partial charge in [-0.2, -0.15) is 5.26 Å². The maximum absolute atomic E-state index is 9.13. The van der Waals surface area contributed by atoms with E-state index in [-0.39, 0.29) is 5.54 Å². The van der Waals surface area contributed by atoms with Gasteiger partial charge >= 0.3 is 0 Å². The predicted molar refractivity (Wildman–Crippen MR) is 67.2 cm³/mol. The highest BCUT2D eigenvalue weighted by Crippen LogP contribution is 2.37. The summed E-state index contributed by atoms with van der Waals surface area (Å²) in [5.41, 5.74) is 5.23. The molecule has 0 radical (unpaired) electrons. The first-order chi connectivity index (χ1) is 7.44. The minimum atomic E-state index is -0.0457. The van der Waals surface area contributed by atoms with Crippen LogP contribution in [0.3, 0.4) is 0 Å². The smallest absolute Gasteiger partial charge is 0.0998 e. The van der Waals surface area contributed by atoms with Crippen LogP contribution in [0.5, 0.6) is 0 Å². The summed E-state index contributed by atoms with van der Waals surface area (Å²) < 4.78 is 0. The van der Waals surface area contributed by atoms with Crippen LogP contribution in [0.25, 0.3) is 5.57 Å². The fraction of sp³-hybridized carbons (Fsp3) is 0.357. The topological polar surface area (TPSA) is 35.8 Å². The lowest BCUT2D eigenvalue weighted by molar-refractivity contribution is 0.706. The molecule has 0 saturated heterocycles. The number of rotatable bonds is 0. The van der Waals surface area contributed by atoms with Gasteiger partial charge < -0.3 is 5.32 Å². The SMILES string of the molecule is CC1=CC(C)(C)Nc2c(C)ccc(C#N)c21. The minimum absolute atomic E-state index is 0.0457. The number of nitrogens with one attached hydrogen (secondary N) is 1. The first-order valence-electron chi connectivity index (χ1n) is 5.46. The van der Waals surface area contributed by atoms with Crippen LogP contribution >= 0.6 is 0 Å². The molecule has 16 heavy (non-hydrogen) atoms. The highest BCUT2D eigenvalue weighted by molar-refractivity contribution is 5.85. The lowest BCUT2D eigenvalue weighted by Gasteiger charge is -2.33. The van der Waals surface area contributed by atoms with Crippen LogP contribution in [0.2, 0.25) is 0 Å². The molecule has 1 aromatic carbocycles. The van der Waals surface area contributed by atoms with Crippen LogP contribution in [-0.4, -0.2) is 5.54 Å². The first kappa shape index (κ1) is 10.8. The van der Waals surface area contributed by atoms with Crippen molar-refractivity contribution in [3.63, 3.8) is 0 Å². The van der Waals surface area contributed by atoms with Gasteiger partial charge in [-0.3, -0.25) is 0 Å². The average molecular weight is 212 g/mol. The van der Waals surface area contributed by atoms with E-state index in [2.05, 4.69) is 45.2 Å². The summed E-state index contributed by atoms with van der Waals surface area (Å²) in [6.45, 7) is 8.42. The molecule has 1 aromatic rings. The lowest BCUT2D eigenvalue weighted by Crippen LogP contribution is -2.32. The van der Waals surface area contributed by atoms with Crippen LogP contribution in [0.4, 0.5) is 5.69 Å². The predicted octanol–water partition coefficient (Wildman–Crippen LogP) is 3.47. The molecule has 0 amide bonds. The van der Waals surface area contributed by atoms with Crippen LogP contribution < -0.4 is 5.32 Å². The Hall–Kier alpha value is -1.75. The normalized spacial score (nSPS) is 16.8. The van der Waals surface area contributed by atoms with Gasteiger partial charge in [0.05, 0.1) is 17.2 Å². The second kappa shape index (κ2) is 3.38. The molecule has 0 unspecified atom stereocenters. The largest absolute Gasteiger partial charge is 0.376 e. The summed E-state index contributed by atoms with van der Waals surface area (Å²) >= 11 is 0. The van der Waals surface area contributed by atoms with Crippen molar-refractivity contribution < 1.29 is 0 Å². The van der Waals surface area contributed by atoms with E-state index in [9.17, 15) is 0 Å². The Morgan fingerprint density at radius 3 is 2.56 bits per heavy atom. The van der Waals surface area contributed by atoms with Crippen molar-refractivity contribution in [1.29, 1.82) is 5.26 Å². The Morgan fingerprint density at radius 2 is 1.94 bits per heavy atom. The number of allylic oxidation sites excluding steroid dienone is 1. The molecule has 2 rings (SSSR count). The summed E-state index contributed by atoms with van der Waals surface area (Å²) in [5, 5.41) is 12.6. The van der Waals surface area contributed by atoms with Crippen molar-refractivity contribution in [3.8, 4) is 6.07 Å². The van der Waals surface area contributed by atoms with E-state index in [1.807, 2.05) is 12.1 Å². The van der Waals surface area contributed by atoms with Crippen molar-refractivity contribution in [2.24, 2.45) is 0 Å². The molecule has 1 aliphatic heterocycles. The van der Waals surface area contributed by atoms with Gasteiger partial charge in [0.15, 0.2) is 0 Å². The van der Waals surface area contributed by atoms with E-state index >= 15 is 0 Å². The molecule has 2 heteroatoms. The zero-order valence-corrected chi connectivity index (χ0v) is 10.2. The fourth-order valence-electron chi connectivity index (χ4n) is 2.34. The van der Waals surface area contributed by atoms with Crippen molar-refractivity contribution in [1.82, 2.24) is 0 Å². The fourth-order valence-corrected chi connectivity index (χ4v) is 2.34. The summed E-state index contributed by atoms with van der Waals surface area (Å²) in [7, 11) is 0. The maximum atomic E-state index is 9.13. The number of anilines is 1. The van der Waals surface area contributed by atoms with Gasteiger partial charge in [0.25, 0.3) is 0 Å². The molecule has 0 atom stereocenters. The number of hydrogen-bond acceptors (Lipinski definition) is 2. The third-order valence-corrected chi connectivity index (χ3v) is 2.95. The van der Waals surface area contributed by atoms with Gasteiger partial charge in [-0.25, -0.2) is 0 Å². The van der Waals surface area contributed by atoms with E-state index in [1.54, 1.807) is 0 Å². The van der Waals surface area contributed by atoms with Gasteiger partial charge in [0, 0.05) is 11.3 Å². The van der Waals surface area contributed by atoms with Gasteiger partial charge in [0.1, 0.15) is 0 Å². The first-order valence-corrected chi connectivity index (χ1v) is 5.46. The summed E-state index contributed by atoms with van der Waals surface area (Å²) in [6, 6.07) is 6.15. The Labute approximate surface area is 96.6 Å². The van der Waals surface area contributed by atoms with Gasteiger partial charge in [0.2, 0.25) is 0 Å². The highest BCUT2D eigenvalue weighted by atomic mass is 15.0.